The van der Waals surface area contributed by atoms with Gasteiger partial charge < -0.3 is 10.1 Å². The van der Waals surface area contributed by atoms with Gasteiger partial charge in [-0.25, -0.2) is 0 Å². The summed E-state index contributed by atoms with van der Waals surface area (Å²) in [6.45, 7) is 3.36. The molecule has 88 valence electrons. The first kappa shape index (κ1) is 13.5. The van der Waals surface area contributed by atoms with Crippen LogP contribution in [0, 0.1) is 5.92 Å². The molecule has 1 fully saturated rings. The van der Waals surface area contributed by atoms with Gasteiger partial charge in [-0.2, -0.15) is 0 Å². The van der Waals surface area contributed by atoms with Crippen LogP contribution in [0.5, 0.6) is 0 Å². The Kier molecular flexibility index (Phi) is 5.57. The van der Waals surface area contributed by atoms with Crippen molar-refractivity contribution >= 4 is 37.8 Å². The van der Waals surface area contributed by atoms with E-state index in [0.29, 0.717) is 6.61 Å². The van der Waals surface area contributed by atoms with Crippen molar-refractivity contribution in [3.8, 4) is 0 Å². The minimum absolute atomic E-state index is 0.0242. The van der Waals surface area contributed by atoms with Gasteiger partial charge in [0.15, 0.2) is 0 Å². The van der Waals surface area contributed by atoms with Crippen LogP contribution in [-0.2, 0) is 9.53 Å². The van der Waals surface area contributed by atoms with Gasteiger partial charge in [-0.15, -0.1) is 0 Å². The van der Waals surface area contributed by atoms with Crippen molar-refractivity contribution in [3.63, 3.8) is 0 Å². The largest absolute Gasteiger partial charge is 0.381 e. The van der Waals surface area contributed by atoms with E-state index in [1.165, 1.54) is 0 Å². The summed E-state index contributed by atoms with van der Waals surface area (Å²) in [6.07, 6.45) is 1.92. The molecule has 0 aromatic rings. The van der Waals surface area contributed by atoms with Gasteiger partial charge in [0.2, 0.25) is 5.91 Å². The van der Waals surface area contributed by atoms with E-state index in [0.717, 1.165) is 30.1 Å². The molecule has 0 aromatic heterocycles. The Morgan fingerprint density at radius 3 is 2.67 bits per heavy atom. The standard InChI is InChI=1S/C10H17Br2NO2/c1-10(6-11,7-12)13-9(14)8-3-2-4-15-5-8/h8H,2-7H2,1H3,(H,13,14). The Morgan fingerprint density at radius 1 is 1.53 bits per heavy atom. The van der Waals surface area contributed by atoms with Crippen LogP contribution in [-0.4, -0.2) is 35.3 Å². The highest BCUT2D eigenvalue weighted by Gasteiger charge is 2.29. The quantitative estimate of drug-likeness (QED) is 0.794. The van der Waals surface area contributed by atoms with Crippen LogP contribution in [0.15, 0.2) is 0 Å². The molecule has 1 N–H and O–H groups in total. The van der Waals surface area contributed by atoms with Crippen LogP contribution in [0.2, 0.25) is 0 Å². The zero-order chi connectivity index (χ0) is 11.3. The number of halogens is 2. The predicted molar refractivity (Wildman–Crippen MR) is 67.7 cm³/mol. The lowest BCUT2D eigenvalue weighted by Crippen LogP contribution is -2.52. The van der Waals surface area contributed by atoms with Crippen LogP contribution >= 0.6 is 31.9 Å². The van der Waals surface area contributed by atoms with Gasteiger partial charge in [-0.05, 0) is 19.8 Å². The number of alkyl halides is 2. The lowest BCUT2D eigenvalue weighted by Gasteiger charge is -2.30. The fourth-order valence-corrected chi connectivity index (χ4v) is 2.66. The molecule has 1 amide bonds. The van der Waals surface area contributed by atoms with E-state index in [4.69, 9.17) is 4.74 Å². The third-order valence-corrected chi connectivity index (χ3v) is 5.02. The number of nitrogens with one attached hydrogen (secondary N) is 1. The summed E-state index contributed by atoms with van der Waals surface area (Å²) in [7, 11) is 0. The Labute approximate surface area is 108 Å². The first-order valence-electron chi connectivity index (χ1n) is 5.13. The molecule has 1 aliphatic rings. The van der Waals surface area contributed by atoms with Crippen LogP contribution < -0.4 is 5.32 Å². The molecular weight excluding hydrogens is 326 g/mol. The average Bonchev–Trinajstić information content (AvgIpc) is 2.30. The van der Waals surface area contributed by atoms with Crippen molar-refractivity contribution in [2.45, 2.75) is 25.3 Å². The Bertz CT molecular complexity index is 213. The summed E-state index contributed by atoms with van der Waals surface area (Å²) >= 11 is 6.82. The van der Waals surface area contributed by atoms with Gasteiger partial charge >= 0.3 is 0 Å². The van der Waals surface area contributed by atoms with Gasteiger partial charge in [0.05, 0.1) is 18.1 Å². The highest BCUT2D eigenvalue weighted by molar-refractivity contribution is 9.09. The molecule has 0 radical (unpaired) electrons. The second-order valence-electron chi connectivity index (χ2n) is 4.23. The van der Waals surface area contributed by atoms with E-state index < -0.39 is 0 Å². The smallest absolute Gasteiger partial charge is 0.225 e. The molecule has 1 rings (SSSR count). The molecule has 0 aliphatic carbocycles. The van der Waals surface area contributed by atoms with Crippen LogP contribution in [0.25, 0.3) is 0 Å². The van der Waals surface area contributed by atoms with E-state index in [2.05, 4.69) is 37.2 Å². The lowest BCUT2D eigenvalue weighted by atomic mass is 9.99. The second-order valence-corrected chi connectivity index (χ2v) is 5.35. The maximum absolute atomic E-state index is 11.9. The molecule has 1 aliphatic heterocycles. The first-order valence-corrected chi connectivity index (χ1v) is 7.37. The highest BCUT2D eigenvalue weighted by Crippen LogP contribution is 2.17. The summed E-state index contributed by atoms with van der Waals surface area (Å²) in [5.41, 5.74) is -0.214. The summed E-state index contributed by atoms with van der Waals surface area (Å²) in [4.78, 5) is 11.9. The Morgan fingerprint density at radius 2 is 2.20 bits per heavy atom. The van der Waals surface area contributed by atoms with Crippen molar-refractivity contribution in [1.82, 2.24) is 5.32 Å². The number of hydrogen-bond donors (Lipinski definition) is 1. The predicted octanol–water partition coefficient (Wildman–Crippen LogP) is 2.08. The third kappa shape index (κ3) is 4.04. The van der Waals surface area contributed by atoms with Crippen LogP contribution in [0.3, 0.4) is 0 Å². The van der Waals surface area contributed by atoms with Gasteiger partial charge in [-0.3, -0.25) is 4.79 Å². The van der Waals surface area contributed by atoms with Gasteiger partial charge in [0.1, 0.15) is 0 Å². The lowest BCUT2D eigenvalue weighted by molar-refractivity contribution is -0.130. The number of ether oxygens (including phenoxy) is 1. The van der Waals surface area contributed by atoms with Crippen molar-refractivity contribution in [2.24, 2.45) is 5.92 Å². The number of hydrogen-bond acceptors (Lipinski definition) is 2. The number of amides is 1. The zero-order valence-corrected chi connectivity index (χ0v) is 12.1. The topological polar surface area (TPSA) is 38.3 Å². The summed E-state index contributed by atoms with van der Waals surface area (Å²) < 4.78 is 5.30. The fourth-order valence-electron chi connectivity index (χ4n) is 1.45. The van der Waals surface area contributed by atoms with E-state index >= 15 is 0 Å². The van der Waals surface area contributed by atoms with Crippen molar-refractivity contribution in [1.29, 1.82) is 0 Å². The Balaban J connectivity index is 2.46. The fraction of sp³-hybridized carbons (Fsp3) is 0.900. The number of carbonyl (C=O) groups is 1. The SMILES string of the molecule is CC(CBr)(CBr)NC(=O)C1CCCOC1. The molecular formula is C10H17Br2NO2. The Hall–Kier alpha value is 0.390. The van der Waals surface area contributed by atoms with E-state index in [1.807, 2.05) is 6.92 Å². The number of rotatable bonds is 4. The minimum atomic E-state index is -0.214. The van der Waals surface area contributed by atoms with E-state index in [-0.39, 0.29) is 17.4 Å². The molecule has 0 spiro atoms. The molecule has 1 atom stereocenters. The van der Waals surface area contributed by atoms with E-state index in [9.17, 15) is 4.79 Å². The van der Waals surface area contributed by atoms with Crippen molar-refractivity contribution in [3.05, 3.63) is 0 Å². The monoisotopic (exact) mass is 341 g/mol. The van der Waals surface area contributed by atoms with Gasteiger partial charge in [0, 0.05) is 17.3 Å². The van der Waals surface area contributed by atoms with Crippen LogP contribution in [0.4, 0.5) is 0 Å². The molecule has 5 heteroatoms. The molecule has 0 saturated carbocycles. The maximum Gasteiger partial charge on any atom is 0.225 e. The summed E-state index contributed by atoms with van der Waals surface area (Å²) in [5.74, 6) is 0.132. The third-order valence-electron chi connectivity index (χ3n) is 2.55. The normalized spacial score (nSPS) is 22.5. The van der Waals surface area contributed by atoms with E-state index in [1.54, 1.807) is 0 Å². The van der Waals surface area contributed by atoms with Crippen LogP contribution in [0.1, 0.15) is 19.8 Å². The van der Waals surface area contributed by atoms with Gasteiger partial charge in [-0.1, -0.05) is 31.9 Å². The van der Waals surface area contributed by atoms with Crippen molar-refractivity contribution in [2.75, 3.05) is 23.9 Å². The molecule has 1 unspecified atom stereocenters. The van der Waals surface area contributed by atoms with Gasteiger partial charge in [0.25, 0.3) is 0 Å². The highest BCUT2D eigenvalue weighted by atomic mass is 79.9. The first-order chi connectivity index (χ1) is 7.11. The second kappa shape index (κ2) is 6.21. The molecule has 0 bridgehead atoms. The molecule has 1 heterocycles. The molecule has 15 heavy (non-hydrogen) atoms. The minimum Gasteiger partial charge on any atom is -0.381 e. The molecule has 1 saturated heterocycles. The summed E-state index contributed by atoms with van der Waals surface area (Å²) in [6, 6.07) is 0. The molecule has 0 aromatic carbocycles. The summed E-state index contributed by atoms with van der Waals surface area (Å²) in [5, 5.41) is 4.53. The van der Waals surface area contributed by atoms with Crippen molar-refractivity contribution < 1.29 is 9.53 Å². The average molecular weight is 343 g/mol. The maximum atomic E-state index is 11.9. The molecule has 3 nitrogen and oxygen atoms in total. The number of carbonyl (C=O) groups excluding carboxylic acids is 1. The zero-order valence-electron chi connectivity index (χ0n) is 8.89.